The first kappa shape index (κ1) is 11.7. The summed E-state index contributed by atoms with van der Waals surface area (Å²) in [6.07, 6.45) is 0. The monoisotopic (exact) mass is 213 g/mol. The number of nitrogens with one attached hydrogen (secondary N) is 1. The minimum atomic E-state index is -0.453. The van der Waals surface area contributed by atoms with E-state index in [1.165, 1.54) is 0 Å². The van der Waals surface area contributed by atoms with E-state index in [-0.39, 0.29) is 12.4 Å². The smallest absolute Gasteiger partial charge is 0.300 e. The lowest BCUT2D eigenvalue weighted by Crippen LogP contribution is -2.29. The SMILES string of the molecule is CN(CCO)Cc1ccc(C(=O)NN)o1. The molecular formula is C9H15N3O3. The van der Waals surface area contributed by atoms with Crippen LogP contribution in [-0.2, 0) is 6.54 Å². The molecule has 1 aromatic rings. The maximum Gasteiger partial charge on any atom is 0.300 e. The summed E-state index contributed by atoms with van der Waals surface area (Å²) in [6.45, 7) is 1.19. The normalized spacial score (nSPS) is 10.7. The average molecular weight is 213 g/mol. The van der Waals surface area contributed by atoms with E-state index < -0.39 is 5.91 Å². The van der Waals surface area contributed by atoms with E-state index in [0.717, 1.165) is 0 Å². The molecule has 15 heavy (non-hydrogen) atoms. The molecule has 0 spiro atoms. The van der Waals surface area contributed by atoms with Gasteiger partial charge < -0.3 is 9.52 Å². The molecule has 6 nitrogen and oxygen atoms in total. The van der Waals surface area contributed by atoms with Crippen molar-refractivity contribution in [2.45, 2.75) is 6.54 Å². The summed E-state index contributed by atoms with van der Waals surface area (Å²) in [5, 5.41) is 8.69. The Balaban J connectivity index is 2.56. The summed E-state index contributed by atoms with van der Waals surface area (Å²) in [6, 6.07) is 3.27. The molecule has 0 atom stereocenters. The number of aliphatic hydroxyl groups excluding tert-OH is 1. The minimum Gasteiger partial charge on any atom is -0.455 e. The first-order valence-corrected chi connectivity index (χ1v) is 4.56. The van der Waals surface area contributed by atoms with E-state index in [4.69, 9.17) is 15.4 Å². The number of furan rings is 1. The van der Waals surface area contributed by atoms with E-state index in [9.17, 15) is 4.79 Å². The van der Waals surface area contributed by atoms with Crippen LogP contribution in [0.1, 0.15) is 16.3 Å². The highest BCUT2D eigenvalue weighted by Crippen LogP contribution is 2.09. The summed E-state index contributed by atoms with van der Waals surface area (Å²) in [4.78, 5) is 12.9. The van der Waals surface area contributed by atoms with Gasteiger partial charge in [0.15, 0.2) is 5.76 Å². The number of hydrogen-bond donors (Lipinski definition) is 3. The molecule has 1 heterocycles. The summed E-state index contributed by atoms with van der Waals surface area (Å²) in [7, 11) is 1.85. The molecule has 0 radical (unpaired) electrons. The van der Waals surface area contributed by atoms with Gasteiger partial charge in [0.05, 0.1) is 13.2 Å². The fraction of sp³-hybridized carbons (Fsp3) is 0.444. The first-order chi connectivity index (χ1) is 7.17. The molecule has 0 fully saturated rings. The molecular weight excluding hydrogens is 198 g/mol. The lowest BCUT2D eigenvalue weighted by atomic mass is 10.4. The van der Waals surface area contributed by atoms with E-state index in [2.05, 4.69) is 0 Å². The number of hydrogen-bond acceptors (Lipinski definition) is 5. The molecule has 6 heteroatoms. The fourth-order valence-corrected chi connectivity index (χ4v) is 1.17. The molecule has 84 valence electrons. The second-order valence-corrected chi connectivity index (χ2v) is 3.20. The Morgan fingerprint density at radius 3 is 3.00 bits per heavy atom. The zero-order valence-corrected chi connectivity index (χ0v) is 8.56. The van der Waals surface area contributed by atoms with Crippen LogP contribution in [0.3, 0.4) is 0 Å². The Kier molecular flexibility index (Phi) is 4.29. The standard InChI is InChI=1S/C9H15N3O3/c1-12(4-5-13)6-7-2-3-8(15-7)9(14)11-10/h2-3,13H,4-6,10H2,1H3,(H,11,14). The third kappa shape index (κ3) is 3.35. The summed E-state index contributed by atoms with van der Waals surface area (Å²) >= 11 is 0. The molecule has 4 N–H and O–H groups in total. The van der Waals surface area contributed by atoms with E-state index >= 15 is 0 Å². The van der Waals surface area contributed by atoms with E-state index in [0.29, 0.717) is 18.8 Å². The van der Waals surface area contributed by atoms with Gasteiger partial charge in [-0.2, -0.15) is 0 Å². The lowest BCUT2D eigenvalue weighted by Gasteiger charge is -2.12. The highest BCUT2D eigenvalue weighted by atomic mass is 16.4. The van der Waals surface area contributed by atoms with Crippen LogP contribution < -0.4 is 11.3 Å². The second kappa shape index (κ2) is 5.50. The van der Waals surface area contributed by atoms with Crippen LogP contribution in [-0.4, -0.2) is 36.1 Å². The van der Waals surface area contributed by atoms with Crippen molar-refractivity contribution < 1.29 is 14.3 Å². The Labute approximate surface area is 87.6 Å². The number of amides is 1. The molecule has 0 aromatic carbocycles. The number of hydrazine groups is 1. The highest BCUT2D eigenvalue weighted by Gasteiger charge is 2.10. The van der Waals surface area contributed by atoms with Crippen LogP contribution in [0.5, 0.6) is 0 Å². The lowest BCUT2D eigenvalue weighted by molar-refractivity contribution is 0.0922. The topological polar surface area (TPSA) is 91.7 Å². The van der Waals surface area contributed by atoms with Crippen LogP contribution in [0.4, 0.5) is 0 Å². The summed E-state index contributed by atoms with van der Waals surface area (Å²) in [5.74, 6) is 5.35. The van der Waals surface area contributed by atoms with Crippen LogP contribution in [0, 0.1) is 0 Å². The quantitative estimate of drug-likeness (QED) is 0.342. The van der Waals surface area contributed by atoms with E-state index in [1.54, 1.807) is 12.1 Å². The van der Waals surface area contributed by atoms with Gasteiger partial charge in [0.1, 0.15) is 5.76 Å². The van der Waals surface area contributed by atoms with Crippen molar-refractivity contribution in [3.05, 3.63) is 23.7 Å². The van der Waals surface area contributed by atoms with Crippen molar-refractivity contribution in [2.24, 2.45) is 5.84 Å². The number of carbonyl (C=O) groups excluding carboxylic acids is 1. The third-order valence-corrected chi connectivity index (χ3v) is 1.92. The molecule has 0 saturated heterocycles. The van der Waals surface area contributed by atoms with Crippen molar-refractivity contribution in [3.63, 3.8) is 0 Å². The Bertz CT molecular complexity index is 324. The average Bonchev–Trinajstić information content (AvgIpc) is 2.65. The number of nitrogens with two attached hydrogens (primary N) is 1. The molecule has 0 bridgehead atoms. The third-order valence-electron chi connectivity index (χ3n) is 1.92. The Morgan fingerprint density at radius 1 is 1.67 bits per heavy atom. The minimum absolute atomic E-state index is 0.0906. The predicted molar refractivity (Wildman–Crippen MR) is 53.8 cm³/mol. The Hall–Kier alpha value is -1.37. The second-order valence-electron chi connectivity index (χ2n) is 3.20. The van der Waals surface area contributed by atoms with Gasteiger partial charge in [0.2, 0.25) is 0 Å². The molecule has 1 amide bonds. The van der Waals surface area contributed by atoms with Gasteiger partial charge in [-0.1, -0.05) is 0 Å². The number of likely N-dealkylation sites (N-methyl/N-ethyl adjacent to an activating group) is 1. The largest absolute Gasteiger partial charge is 0.455 e. The first-order valence-electron chi connectivity index (χ1n) is 4.56. The summed E-state index contributed by atoms with van der Waals surface area (Å²) < 4.78 is 5.24. The van der Waals surface area contributed by atoms with E-state index in [1.807, 2.05) is 17.4 Å². The number of carbonyl (C=O) groups is 1. The highest BCUT2D eigenvalue weighted by molar-refractivity contribution is 5.90. The van der Waals surface area contributed by atoms with Gasteiger partial charge in [-0.3, -0.25) is 15.1 Å². The summed E-state index contributed by atoms with van der Waals surface area (Å²) in [5.41, 5.74) is 1.99. The van der Waals surface area contributed by atoms with Crippen LogP contribution in [0.2, 0.25) is 0 Å². The zero-order valence-electron chi connectivity index (χ0n) is 8.56. The van der Waals surface area contributed by atoms with Crippen molar-refractivity contribution in [1.29, 1.82) is 0 Å². The number of aliphatic hydroxyl groups is 1. The fourth-order valence-electron chi connectivity index (χ4n) is 1.17. The molecule has 1 aromatic heterocycles. The number of nitrogen functional groups attached to an aromatic ring is 1. The Morgan fingerprint density at radius 2 is 2.40 bits per heavy atom. The molecule has 0 unspecified atom stereocenters. The maximum atomic E-state index is 11.1. The van der Waals surface area contributed by atoms with Crippen LogP contribution in [0.25, 0.3) is 0 Å². The molecule has 0 aliphatic heterocycles. The van der Waals surface area contributed by atoms with Gasteiger partial charge in [-0.25, -0.2) is 5.84 Å². The van der Waals surface area contributed by atoms with Crippen molar-refractivity contribution in [2.75, 3.05) is 20.2 Å². The molecule has 0 saturated carbocycles. The van der Waals surface area contributed by atoms with Crippen molar-refractivity contribution in [3.8, 4) is 0 Å². The van der Waals surface area contributed by atoms with Crippen LogP contribution in [0.15, 0.2) is 16.5 Å². The molecule has 1 rings (SSSR count). The van der Waals surface area contributed by atoms with Gasteiger partial charge >= 0.3 is 5.91 Å². The van der Waals surface area contributed by atoms with Gasteiger partial charge in [-0.05, 0) is 19.2 Å². The van der Waals surface area contributed by atoms with Gasteiger partial charge in [0.25, 0.3) is 0 Å². The van der Waals surface area contributed by atoms with Gasteiger partial charge in [-0.15, -0.1) is 0 Å². The number of nitrogens with zero attached hydrogens (tertiary/aromatic N) is 1. The van der Waals surface area contributed by atoms with Crippen molar-refractivity contribution in [1.82, 2.24) is 10.3 Å². The van der Waals surface area contributed by atoms with Gasteiger partial charge in [0, 0.05) is 6.54 Å². The maximum absolute atomic E-state index is 11.1. The number of rotatable bonds is 5. The predicted octanol–water partition coefficient (Wildman–Crippen LogP) is -0.693. The molecule has 0 aliphatic rings. The van der Waals surface area contributed by atoms with Crippen LogP contribution >= 0.6 is 0 Å². The molecule has 0 aliphatic carbocycles. The zero-order chi connectivity index (χ0) is 11.3. The van der Waals surface area contributed by atoms with Crippen molar-refractivity contribution >= 4 is 5.91 Å².